The Balaban J connectivity index is 1.47. The number of hydrogen-bond acceptors (Lipinski definition) is 4. The number of sulfonamides is 1. The largest absolute Gasteiger partial charge is 0.494 e. The molecule has 2 aromatic rings. The Morgan fingerprint density at radius 2 is 1.55 bits per heavy atom. The fourth-order valence-electron chi connectivity index (χ4n) is 3.23. The molecular weight excluding hydrogens is 433 g/mol. The number of hydrogen-bond donors (Lipinski definition) is 0. The van der Waals surface area contributed by atoms with Crippen LogP contribution < -0.4 is 4.74 Å². The van der Waals surface area contributed by atoms with Gasteiger partial charge in [-0.15, -0.1) is 0 Å². The first-order valence-electron chi connectivity index (χ1n) is 9.81. The van der Waals surface area contributed by atoms with Crippen molar-refractivity contribution in [2.45, 2.75) is 23.9 Å². The van der Waals surface area contributed by atoms with Crippen LogP contribution in [0.2, 0.25) is 0 Å². The number of benzene rings is 2. The predicted octanol–water partition coefficient (Wildman–Crippen LogP) is 3.40. The van der Waals surface area contributed by atoms with Crippen molar-refractivity contribution in [2.24, 2.45) is 0 Å². The fourth-order valence-corrected chi connectivity index (χ4v) is 4.65. The van der Waals surface area contributed by atoms with Gasteiger partial charge >= 0.3 is 6.18 Å². The van der Waals surface area contributed by atoms with Crippen molar-refractivity contribution in [3.63, 3.8) is 0 Å². The number of amides is 1. The molecule has 0 unspecified atom stereocenters. The standard InChI is InChI=1S/C21H23F3N2O4S/c22-21(23,24)17-8-10-19(11-9-17)31(28,29)26-14-12-25(13-15-26)20(27)7-4-16-30-18-5-2-1-3-6-18/h1-3,5-6,8-11H,4,7,12-16H2. The van der Waals surface area contributed by atoms with Crippen LogP contribution in [0, 0.1) is 0 Å². The zero-order valence-electron chi connectivity index (χ0n) is 16.7. The summed E-state index contributed by atoms with van der Waals surface area (Å²) < 4.78 is 70.2. The molecule has 1 amide bonds. The van der Waals surface area contributed by atoms with Crippen LogP contribution in [-0.2, 0) is 21.0 Å². The number of nitrogens with zero attached hydrogens (tertiary/aromatic N) is 2. The minimum atomic E-state index is -4.53. The quantitative estimate of drug-likeness (QED) is 0.599. The molecule has 0 radical (unpaired) electrons. The summed E-state index contributed by atoms with van der Waals surface area (Å²) in [4.78, 5) is 13.8. The van der Waals surface area contributed by atoms with Crippen LogP contribution in [-0.4, -0.2) is 56.3 Å². The minimum absolute atomic E-state index is 0.0803. The number of carbonyl (C=O) groups excluding carboxylic acids is 1. The average Bonchev–Trinajstić information content (AvgIpc) is 2.77. The monoisotopic (exact) mass is 456 g/mol. The highest BCUT2D eigenvalue weighted by atomic mass is 32.2. The molecule has 10 heteroatoms. The topological polar surface area (TPSA) is 66.9 Å². The highest BCUT2D eigenvalue weighted by Crippen LogP contribution is 2.30. The second kappa shape index (κ2) is 9.69. The molecule has 1 fully saturated rings. The molecule has 2 aromatic carbocycles. The number of halogens is 3. The fraction of sp³-hybridized carbons (Fsp3) is 0.381. The van der Waals surface area contributed by atoms with Gasteiger partial charge in [0, 0.05) is 32.6 Å². The van der Waals surface area contributed by atoms with Gasteiger partial charge in [-0.1, -0.05) is 18.2 Å². The first kappa shape index (κ1) is 23.1. The van der Waals surface area contributed by atoms with Crippen LogP contribution in [0.4, 0.5) is 13.2 Å². The Labute approximate surface area is 179 Å². The maximum absolute atomic E-state index is 12.7. The van der Waals surface area contributed by atoms with E-state index in [2.05, 4.69) is 0 Å². The van der Waals surface area contributed by atoms with Gasteiger partial charge in [0.2, 0.25) is 15.9 Å². The average molecular weight is 456 g/mol. The van der Waals surface area contributed by atoms with E-state index in [0.717, 1.165) is 30.0 Å². The number of carbonyl (C=O) groups is 1. The van der Waals surface area contributed by atoms with E-state index in [4.69, 9.17) is 4.74 Å². The SMILES string of the molecule is O=C(CCCOc1ccccc1)N1CCN(S(=O)(=O)c2ccc(C(F)(F)F)cc2)CC1. The molecule has 0 bridgehead atoms. The van der Waals surface area contributed by atoms with Crippen LogP contribution in [0.15, 0.2) is 59.5 Å². The van der Waals surface area contributed by atoms with E-state index >= 15 is 0 Å². The summed E-state index contributed by atoms with van der Waals surface area (Å²) in [5, 5.41) is 0. The molecule has 0 N–H and O–H groups in total. The summed E-state index contributed by atoms with van der Waals surface area (Å²) >= 11 is 0. The van der Waals surface area contributed by atoms with Crippen molar-refractivity contribution in [2.75, 3.05) is 32.8 Å². The molecular formula is C21H23F3N2O4S. The van der Waals surface area contributed by atoms with Crippen molar-refractivity contribution in [1.29, 1.82) is 0 Å². The van der Waals surface area contributed by atoms with Crippen LogP contribution in [0.5, 0.6) is 5.75 Å². The van der Waals surface area contributed by atoms with Gasteiger partial charge in [-0.3, -0.25) is 4.79 Å². The van der Waals surface area contributed by atoms with E-state index in [0.29, 0.717) is 19.4 Å². The number of rotatable bonds is 7. The van der Waals surface area contributed by atoms with Gasteiger partial charge < -0.3 is 9.64 Å². The zero-order chi connectivity index (χ0) is 22.5. The summed E-state index contributed by atoms with van der Waals surface area (Å²) in [6, 6.07) is 12.7. The lowest BCUT2D eigenvalue weighted by molar-refractivity contribution is -0.137. The molecule has 1 aliphatic rings. The second-order valence-corrected chi connectivity index (χ2v) is 9.01. The first-order chi connectivity index (χ1) is 14.7. The van der Waals surface area contributed by atoms with Crippen molar-refractivity contribution in [3.8, 4) is 5.75 Å². The first-order valence-corrected chi connectivity index (χ1v) is 11.2. The van der Waals surface area contributed by atoms with Crippen LogP contribution in [0.25, 0.3) is 0 Å². The van der Waals surface area contributed by atoms with Gasteiger partial charge in [0.25, 0.3) is 0 Å². The molecule has 1 saturated heterocycles. The van der Waals surface area contributed by atoms with Crippen LogP contribution in [0.1, 0.15) is 18.4 Å². The lowest BCUT2D eigenvalue weighted by Gasteiger charge is -2.34. The Hall–Kier alpha value is -2.59. The van der Waals surface area contributed by atoms with E-state index in [1.807, 2.05) is 30.3 Å². The molecule has 0 atom stereocenters. The van der Waals surface area contributed by atoms with E-state index in [9.17, 15) is 26.4 Å². The third-order valence-corrected chi connectivity index (χ3v) is 6.87. The smallest absolute Gasteiger partial charge is 0.416 e. The molecule has 0 saturated carbocycles. The Morgan fingerprint density at radius 1 is 0.935 bits per heavy atom. The summed E-state index contributed by atoms with van der Waals surface area (Å²) in [6.07, 6.45) is -3.70. The molecule has 168 valence electrons. The molecule has 6 nitrogen and oxygen atoms in total. The number of piperazine rings is 1. The Morgan fingerprint density at radius 3 is 2.13 bits per heavy atom. The van der Waals surface area contributed by atoms with E-state index in [1.54, 1.807) is 4.90 Å². The van der Waals surface area contributed by atoms with Gasteiger partial charge in [0.15, 0.2) is 0 Å². The van der Waals surface area contributed by atoms with Crippen molar-refractivity contribution in [1.82, 2.24) is 9.21 Å². The van der Waals surface area contributed by atoms with Gasteiger partial charge in [-0.25, -0.2) is 8.42 Å². The molecule has 3 rings (SSSR count). The lowest BCUT2D eigenvalue weighted by Crippen LogP contribution is -2.50. The molecule has 31 heavy (non-hydrogen) atoms. The summed E-state index contributed by atoms with van der Waals surface area (Å²) in [7, 11) is -3.92. The summed E-state index contributed by atoms with van der Waals surface area (Å²) in [5.41, 5.74) is -0.905. The number of para-hydroxylation sites is 1. The molecule has 1 heterocycles. The van der Waals surface area contributed by atoms with Crippen molar-refractivity contribution < 1.29 is 31.1 Å². The zero-order valence-corrected chi connectivity index (χ0v) is 17.5. The predicted molar refractivity (Wildman–Crippen MR) is 108 cm³/mol. The Kier molecular flexibility index (Phi) is 7.22. The second-order valence-electron chi connectivity index (χ2n) is 7.07. The maximum Gasteiger partial charge on any atom is 0.416 e. The Bertz CT molecular complexity index is 972. The van der Waals surface area contributed by atoms with Crippen LogP contribution >= 0.6 is 0 Å². The molecule has 0 spiro atoms. The van der Waals surface area contributed by atoms with E-state index in [-0.39, 0.29) is 37.0 Å². The van der Waals surface area contributed by atoms with Gasteiger partial charge in [-0.2, -0.15) is 17.5 Å². The highest BCUT2D eigenvalue weighted by Gasteiger charge is 2.33. The van der Waals surface area contributed by atoms with Gasteiger partial charge in [-0.05, 0) is 42.8 Å². The van der Waals surface area contributed by atoms with Gasteiger partial charge in [0.1, 0.15) is 5.75 Å². The molecule has 1 aliphatic heterocycles. The van der Waals surface area contributed by atoms with Gasteiger partial charge in [0.05, 0.1) is 17.1 Å². The minimum Gasteiger partial charge on any atom is -0.494 e. The summed E-state index contributed by atoms with van der Waals surface area (Å²) in [5.74, 6) is 0.653. The molecule has 0 aromatic heterocycles. The van der Waals surface area contributed by atoms with E-state index in [1.165, 1.54) is 4.31 Å². The highest BCUT2D eigenvalue weighted by molar-refractivity contribution is 7.89. The van der Waals surface area contributed by atoms with E-state index < -0.39 is 21.8 Å². The third-order valence-electron chi connectivity index (χ3n) is 4.96. The maximum atomic E-state index is 12.7. The third kappa shape index (κ3) is 5.98. The van der Waals surface area contributed by atoms with Crippen molar-refractivity contribution >= 4 is 15.9 Å². The normalized spacial score (nSPS) is 15.6. The number of ether oxygens (including phenoxy) is 1. The summed E-state index contributed by atoms with van der Waals surface area (Å²) in [6.45, 7) is 1.06. The van der Waals surface area contributed by atoms with Crippen molar-refractivity contribution in [3.05, 3.63) is 60.2 Å². The number of alkyl halides is 3. The molecule has 0 aliphatic carbocycles. The van der Waals surface area contributed by atoms with Crippen LogP contribution in [0.3, 0.4) is 0 Å². The lowest BCUT2D eigenvalue weighted by atomic mass is 10.2.